The molecule has 3 rings (SSSR count). The van der Waals surface area contributed by atoms with E-state index in [9.17, 15) is 18.5 Å². The monoisotopic (exact) mass is 394 g/mol. The van der Waals surface area contributed by atoms with Crippen LogP contribution in [0.1, 0.15) is 26.1 Å². The lowest BCUT2D eigenvalue weighted by Gasteiger charge is -2.24. The van der Waals surface area contributed by atoms with Gasteiger partial charge < -0.3 is 5.32 Å². The number of nitro benzene ring substituents is 1. The van der Waals surface area contributed by atoms with Crippen LogP contribution >= 0.6 is 0 Å². The van der Waals surface area contributed by atoms with E-state index in [4.69, 9.17) is 0 Å². The van der Waals surface area contributed by atoms with E-state index in [0.29, 0.717) is 25.3 Å². The van der Waals surface area contributed by atoms with Crippen molar-refractivity contribution in [3.8, 4) is 0 Å². The zero-order chi connectivity index (χ0) is 19.6. The third-order valence-corrected chi connectivity index (χ3v) is 6.72. The standard InChI is InChI=1S/C16H22N6O4S/c1-3-20(4-2)27(25,26)13-6-7-14(15(9-13)22(23)24)19-12-5-8-16-17-11-18-21(16)10-12/h6-7,9,11-12,19H,3-5,8,10H2,1-2H3. The van der Waals surface area contributed by atoms with Crippen molar-refractivity contribution in [1.82, 2.24) is 19.1 Å². The second kappa shape index (κ2) is 7.61. The minimum absolute atomic E-state index is 0.0526. The summed E-state index contributed by atoms with van der Waals surface area (Å²) < 4.78 is 28.3. The topological polar surface area (TPSA) is 123 Å². The van der Waals surface area contributed by atoms with E-state index in [2.05, 4.69) is 15.4 Å². The van der Waals surface area contributed by atoms with Gasteiger partial charge >= 0.3 is 0 Å². The van der Waals surface area contributed by atoms with Gasteiger partial charge in [0.2, 0.25) is 10.0 Å². The van der Waals surface area contributed by atoms with Crippen LogP contribution in [-0.2, 0) is 23.0 Å². The van der Waals surface area contributed by atoms with Gasteiger partial charge in [-0.1, -0.05) is 13.8 Å². The molecule has 27 heavy (non-hydrogen) atoms. The van der Waals surface area contributed by atoms with Crippen molar-refractivity contribution in [2.24, 2.45) is 0 Å². The molecule has 1 unspecified atom stereocenters. The van der Waals surface area contributed by atoms with Crippen LogP contribution in [0.4, 0.5) is 11.4 Å². The summed E-state index contributed by atoms with van der Waals surface area (Å²) in [6, 6.07) is 3.95. The van der Waals surface area contributed by atoms with Gasteiger partial charge in [0, 0.05) is 31.6 Å². The molecule has 0 amide bonds. The number of nitrogens with zero attached hydrogens (tertiary/aromatic N) is 5. The molecule has 146 valence electrons. The van der Waals surface area contributed by atoms with Gasteiger partial charge in [0.1, 0.15) is 17.8 Å². The van der Waals surface area contributed by atoms with E-state index < -0.39 is 14.9 Å². The number of nitrogens with one attached hydrogen (secondary N) is 1. The van der Waals surface area contributed by atoms with Crippen LogP contribution in [0.5, 0.6) is 0 Å². The molecule has 2 heterocycles. The van der Waals surface area contributed by atoms with Crippen LogP contribution < -0.4 is 5.32 Å². The smallest absolute Gasteiger partial charge is 0.293 e. The second-order valence-corrected chi connectivity index (χ2v) is 8.20. The van der Waals surface area contributed by atoms with Crippen molar-refractivity contribution >= 4 is 21.4 Å². The van der Waals surface area contributed by atoms with E-state index in [1.807, 2.05) is 0 Å². The molecular weight excluding hydrogens is 372 g/mol. The Morgan fingerprint density at radius 1 is 1.37 bits per heavy atom. The van der Waals surface area contributed by atoms with Crippen molar-refractivity contribution in [1.29, 1.82) is 0 Å². The second-order valence-electron chi connectivity index (χ2n) is 6.26. The number of aromatic nitrogens is 3. The molecule has 0 fully saturated rings. The van der Waals surface area contributed by atoms with E-state index in [-0.39, 0.29) is 16.6 Å². The highest BCUT2D eigenvalue weighted by Gasteiger charge is 2.27. The Bertz CT molecular complexity index is 938. The van der Waals surface area contributed by atoms with Crippen molar-refractivity contribution in [2.45, 2.75) is 44.2 Å². The first-order valence-electron chi connectivity index (χ1n) is 8.78. The fraction of sp³-hybridized carbons (Fsp3) is 0.500. The molecule has 0 radical (unpaired) electrons. The zero-order valence-electron chi connectivity index (χ0n) is 15.2. The number of fused-ring (bicyclic) bond motifs is 1. The lowest BCUT2D eigenvalue weighted by Crippen LogP contribution is -2.32. The Labute approximate surface area is 157 Å². The number of sulfonamides is 1. The van der Waals surface area contributed by atoms with E-state index in [1.165, 1.54) is 22.8 Å². The predicted octanol–water partition coefficient (Wildman–Crippen LogP) is 1.64. The van der Waals surface area contributed by atoms with Gasteiger partial charge in [0.25, 0.3) is 5.69 Å². The molecule has 1 aliphatic rings. The number of aryl methyl sites for hydroxylation is 1. The Hall–Kier alpha value is -2.53. The number of hydrogen-bond acceptors (Lipinski definition) is 7. The average molecular weight is 394 g/mol. The molecule has 2 aromatic rings. The quantitative estimate of drug-likeness (QED) is 0.559. The van der Waals surface area contributed by atoms with Crippen LogP contribution in [-0.4, -0.2) is 51.5 Å². The van der Waals surface area contributed by atoms with Gasteiger partial charge in [0.15, 0.2) is 0 Å². The minimum atomic E-state index is -3.76. The van der Waals surface area contributed by atoms with Gasteiger partial charge in [-0.3, -0.25) is 10.1 Å². The molecule has 0 bridgehead atoms. The average Bonchev–Trinajstić information content (AvgIpc) is 3.10. The van der Waals surface area contributed by atoms with E-state index in [0.717, 1.165) is 24.7 Å². The molecule has 0 aliphatic carbocycles. The minimum Gasteiger partial charge on any atom is -0.375 e. The number of benzene rings is 1. The first-order valence-corrected chi connectivity index (χ1v) is 10.2. The van der Waals surface area contributed by atoms with Crippen molar-refractivity contribution in [3.63, 3.8) is 0 Å². The van der Waals surface area contributed by atoms with Crippen LogP contribution in [0.2, 0.25) is 0 Å². The summed E-state index contributed by atoms with van der Waals surface area (Å²) in [4.78, 5) is 15.1. The summed E-state index contributed by atoms with van der Waals surface area (Å²) in [5.74, 6) is 0.892. The molecule has 1 aromatic heterocycles. The molecule has 11 heteroatoms. The van der Waals surface area contributed by atoms with Crippen LogP contribution in [0.15, 0.2) is 29.4 Å². The maximum absolute atomic E-state index is 12.6. The maximum atomic E-state index is 12.6. The molecule has 0 saturated carbocycles. The van der Waals surface area contributed by atoms with Crippen molar-refractivity contribution < 1.29 is 13.3 Å². The summed E-state index contributed by atoms with van der Waals surface area (Å²) in [6.45, 7) is 4.61. The Morgan fingerprint density at radius 3 is 2.78 bits per heavy atom. The summed E-state index contributed by atoms with van der Waals surface area (Å²) >= 11 is 0. The molecule has 10 nitrogen and oxygen atoms in total. The van der Waals surface area contributed by atoms with E-state index >= 15 is 0 Å². The number of anilines is 1. The molecule has 1 aromatic carbocycles. The first-order chi connectivity index (χ1) is 12.9. The molecule has 0 saturated heterocycles. The Kier molecular flexibility index (Phi) is 5.42. The number of hydrogen-bond donors (Lipinski definition) is 1. The van der Waals surface area contributed by atoms with Crippen LogP contribution in [0.3, 0.4) is 0 Å². The van der Waals surface area contributed by atoms with Crippen molar-refractivity contribution in [3.05, 3.63) is 40.5 Å². The van der Waals surface area contributed by atoms with Gasteiger partial charge in [-0.2, -0.15) is 9.40 Å². The summed E-state index contributed by atoms with van der Waals surface area (Å²) in [5, 5.41) is 18.8. The zero-order valence-corrected chi connectivity index (χ0v) is 16.0. The van der Waals surface area contributed by atoms with Gasteiger partial charge in [-0.25, -0.2) is 18.1 Å². The maximum Gasteiger partial charge on any atom is 0.293 e. The summed E-state index contributed by atoms with van der Waals surface area (Å²) in [5.41, 5.74) is 0.0414. The highest BCUT2D eigenvalue weighted by Crippen LogP contribution is 2.30. The van der Waals surface area contributed by atoms with Gasteiger partial charge in [-0.15, -0.1) is 0 Å². The largest absolute Gasteiger partial charge is 0.375 e. The first kappa shape index (κ1) is 19.2. The fourth-order valence-corrected chi connectivity index (χ4v) is 4.71. The highest BCUT2D eigenvalue weighted by atomic mass is 32.2. The SMILES string of the molecule is CCN(CC)S(=O)(=O)c1ccc(NC2CCc3ncnn3C2)c([N+](=O)[O-])c1. The van der Waals surface area contributed by atoms with Crippen molar-refractivity contribution in [2.75, 3.05) is 18.4 Å². The summed E-state index contributed by atoms with van der Waals surface area (Å²) in [7, 11) is -3.76. The van der Waals surface area contributed by atoms with E-state index in [1.54, 1.807) is 18.5 Å². The normalized spacial score (nSPS) is 16.9. The number of rotatable bonds is 7. The third-order valence-electron chi connectivity index (χ3n) is 4.67. The van der Waals surface area contributed by atoms with Gasteiger partial charge in [0.05, 0.1) is 16.4 Å². The Morgan fingerprint density at radius 2 is 2.11 bits per heavy atom. The molecule has 0 spiro atoms. The van der Waals surface area contributed by atoms with Crippen LogP contribution in [0.25, 0.3) is 0 Å². The van der Waals surface area contributed by atoms with Gasteiger partial charge in [-0.05, 0) is 18.6 Å². The Balaban J connectivity index is 1.88. The van der Waals surface area contributed by atoms with Crippen LogP contribution in [0, 0.1) is 10.1 Å². The number of nitro groups is 1. The lowest BCUT2D eigenvalue weighted by molar-refractivity contribution is -0.384. The molecule has 1 atom stereocenters. The molecule has 1 N–H and O–H groups in total. The third kappa shape index (κ3) is 3.78. The molecule has 1 aliphatic heterocycles. The fourth-order valence-electron chi connectivity index (χ4n) is 3.23. The predicted molar refractivity (Wildman–Crippen MR) is 99.0 cm³/mol. The molecular formula is C16H22N6O4S. The lowest BCUT2D eigenvalue weighted by atomic mass is 10.1. The summed E-state index contributed by atoms with van der Waals surface area (Å²) in [6.07, 6.45) is 2.97. The highest BCUT2D eigenvalue weighted by molar-refractivity contribution is 7.89.